The minimum atomic E-state index is -0.987. The smallest absolute Gasteiger partial charge is 0.335 e. The van der Waals surface area contributed by atoms with Crippen molar-refractivity contribution >= 4 is 16.9 Å². The van der Waals surface area contributed by atoms with Crippen LogP contribution in [0.25, 0.3) is 22.0 Å². The Morgan fingerprint density at radius 1 is 1.00 bits per heavy atom. The van der Waals surface area contributed by atoms with Gasteiger partial charge in [0.2, 0.25) is 0 Å². The number of carboxylic acid groups (broad SMARTS) is 1. The largest absolute Gasteiger partial charge is 0.478 e. The highest BCUT2D eigenvalue weighted by atomic mass is 16.4. The third-order valence-corrected chi connectivity index (χ3v) is 3.18. The number of aromatic nitrogens is 1. The number of nitrogens with one attached hydrogen (secondary N) is 1. The van der Waals surface area contributed by atoms with Gasteiger partial charge < -0.3 is 10.1 Å². The fourth-order valence-corrected chi connectivity index (χ4v) is 2.17. The third-order valence-electron chi connectivity index (χ3n) is 3.18. The molecule has 0 aliphatic heterocycles. The normalized spacial score (nSPS) is 10.6. The average molecular weight is 265 g/mol. The lowest BCUT2D eigenvalue weighted by molar-refractivity contribution is 0.0697. The van der Waals surface area contributed by atoms with Crippen LogP contribution in [0.1, 0.15) is 10.4 Å². The summed E-state index contributed by atoms with van der Waals surface area (Å²) in [5, 5.41) is 9.71. The zero-order chi connectivity index (χ0) is 14.1. The molecule has 0 radical (unpaired) electrons. The molecular weight excluding hydrogens is 254 g/mol. The van der Waals surface area contributed by atoms with Gasteiger partial charge in [-0.15, -0.1) is 0 Å². The Hall–Kier alpha value is -2.88. The topological polar surface area (TPSA) is 70.2 Å². The highest BCUT2D eigenvalue weighted by Gasteiger charge is 2.08. The number of hydrogen-bond acceptors (Lipinski definition) is 2. The van der Waals surface area contributed by atoms with Gasteiger partial charge in [0, 0.05) is 11.1 Å². The van der Waals surface area contributed by atoms with Crippen molar-refractivity contribution in [1.29, 1.82) is 0 Å². The standard InChI is InChI=1S/C16H11NO3/c18-15-13(10-4-2-1-3-5-10)9-12-8-11(16(19)20)6-7-14(12)17-15/h1-9H,(H,17,18)(H,19,20). The monoisotopic (exact) mass is 265 g/mol. The summed E-state index contributed by atoms with van der Waals surface area (Å²) in [7, 11) is 0. The summed E-state index contributed by atoms with van der Waals surface area (Å²) >= 11 is 0. The van der Waals surface area contributed by atoms with Crippen molar-refractivity contribution in [1.82, 2.24) is 4.98 Å². The van der Waals surface area contributed by atoms with Gasteiger partial charge in [-0.05, 0) is 35.2 Å². The van der Waals surface area contributed by atoms with E-state index in [1.807, 2.05) is 30.3 Å². The van der Waals surface area contributed by atoms with Gasteiger partial charge in [0.1, 0.15) is 0 Å². The van der Waals surface area contributed by atoms with Gasteiger partial charge in [-0.25, -0.2) is 4.79 Å². The summed E-state index contributed by atoms with van der Waals surface area (Å²) in [5.74, 6) is -0.987. The van der Waals surface area contributed by atoms with Crippen LogP contribution in [0.2, 0.25) is 0 Å². The van der Waals surface area contributed by atoms with E-state index in [0.29, 0.717) is 16.5 Å². The molecule has 0 fully saturated rings. The summed E-state index contributed by atoms with van der Waals surface area (Å²) < 4.78 is 0. The number of hydrogen-bond donors (Lipinski definition) is 2. The van der Waals surface area contributed by atoms with Crippen molar-refractivity contribution in [3.8, 4) is 11.1 Å². The van der Waals surface area contributed by atoms with Crippen molar-refractivity contribution in [3.63, 3.8) is 0 Å². The second-order valence-corrected chi connectivity index (χ2v) is 4.49. The molecule has 2 aromatic carbocycles. The van der Waals surface area contributed by atoms with Crippen molar-refractivity contribution in [3.05, 3.63) is 70.5 Å². The molecule has 98 valence electrons. The minimum Gasteiger partial charge on any atom is -0.478 e. The molecule has 20 heavy (non-hydrogen) atoms. The van der Waals surface area contributed by atoms with Crippen LogP contribution < -0.4 is 5.56 Å². The lowest BCUT2D eigenvalue weighted by Crippen LogP contribution is -2.09. The third kappa shape index (κ3) is 2.07. The Balaban J connectivity index is 2.26. The number of carboxylic acids is 1. The Morgan fingerprint density at radius 2 is 1.75 bits per heavy atom. The molecule has 0 spiro atoms. The van der Waals surface area contributed by atoms with Crippen LogP contribution in [0.4, 0.5) is 0 Å². The van der Waals surface area contributed by atoms with Crippen LogP contribution in [0.3, 0.4) is 0 Å². The summed E-state index contributed by atoms with van der Waals surface area (Å²) in [4.78, 5) is 25.8. The van der Waals surface area contributed by atoms with E-state index in [1.54, 1.807) is 18.2 Å². The molecule has 0 saturated carbocycles. The minimum absolute atomic E-state index is 0.188. The quantitative estimate of drug-likeness (QED) is 0.748. The van der Waals surface area contributed by atoms with Gasteiger partial charge >= 0.3 is 5.97 Å². The molecule has 0 unspecified atom stereocenters. The first kappa shape index (κ1) is 12.2. The lowest BCUT2D eigenvalue weighted by Gasteiger charge is -2.04. The van der Waals surface area contributed by atoms with Gasteiger partial charge in [-0.1, -0.05) is 30.3 Å². The average Bonchev–Trinajstić information content (AvgIpc) is 2.47. The molecule has 1 heterocycles. The van der Waals surface area contributed by atoms with Gasteiger partial charge in [-0.2, -0.15) is 0 Å². The highest BCUT2D eigenvalue weighted by Crippen LogP contribution is 2.20. The van der Waals surface area contributed by atoms with Crippen LogP contribution in [0.15, 0.2) is 59.4 Å². The number of rotatable bonds is 2. The molecule has 2 N–H and O–H groups in total. The number of pyridine rings is 1. The first-order chi connectivity index (χ1) is 9.65. The maximum Gasteiger partial charge on any atom is 0.335 e. The summed E-state index contributed by atoms with van der Waals surface area (Å²) in [6.07, 6.45) is 0. The summed E-state index contributed by atoms with van der Waals surface area (Å²) in [6.45, 7) is 0. The molecule has 4 heteroatoms. The summed E-state index contributed by atoms with van der Waals surface area (Å²) in [5.41, 5.74) is 1.96. The summed E-state index contributed by atoms with van der Waals surface area (Å²) in [6, 6.07) is 15.6. The number of benzene rings is 2. The second-order valence-electron chi connectivity index (χ2n) is 4.49. The van der Waals surface area contributed by atoms with E-state index in [1.165, 1.54) is 6.07 Å². The molecule has 0 aliphatic rings. The number of H-pyrrole nitrogens is 1. The molecule has 0 amide bonds. The Labute approximate surface area is 114 Å². The van der Waals surface area contributed by atoms with Crippen molar-refractivity contribution in [2.75, 3.05) is 0 Å². The van der Waals surface area contributed by atoms with Crippen LogP contribution >= 0.6 is 0 Å². The molecule has 3 rings (SSSR count). The maximum atomic E-state index is 12.1. The Bertz CT molecular complexity index is 850. The van der Waals surface area contributed by atoms with Crippen LogP contribution in [0.5, 0.6) is 0 Å². The molecule has 0 atom stereocenters. The van der Waals surface area contributed by atoms with E-state index in [-0.39, 0.29) is 11.1 Å². The fraction of sp³-hybridized carbons (Fsp3) is 0. The van der Waals surface area contributed by atoms with Crippen LogP contribution in [-0.4, -0.2) is 16.1 Å². The van der Waals surface area contributed by atoms with E-state index < -0.39 is 5.97 Å². The highest BCUT2D eigenvalue weighted by molar-refractivity contribution is 5.94. The number of aromatic amines is 1. The van der Waals surface area contributed by atoms with Crippen LogP contribution in [0, 0.1) is 0 Å². The number of fused-ring (bicyclic) bond motifs is 1. The van der Waals surface area contributed by atoms with Gasteiger partial charge in [-0.3, -0.25) is 4.79 Å². The number of carbonyl (C=O) groups is 1. The van der Waals surface area contributed by atoms with Gasteiger partial charge in [0.05, 0.1) is 5.56 Å². The van der Waals surface area contributed by atoms with E-state index in [4.69, 9.17) is 5.11 Å². The molecule has 0 aliphatic carbocycles. The SMILES string of the molecule is O=C(O)c1ccc2[nH]c(=O)c(-c3ccccc3)cc2c1. The zero-order valence-electron chi connectivity index (χ0n) is 10.5. The maximum absolute atomic E-state index is 12.1. The first-order valence-electron chi connectivity index (χ1n) is 6.11. The molecule has 3 aromatic rings. The predicted molar refractivity (Wildman–Crippen MR) is 77.0 cm³/mol. The molecule has 1 aromatic heterocycles. The van der Waals surface area contributed by atoms with E-state index in [0.717, 1.165) is 5.56 Å². The van der Waals surface area contributed by atoms with E-state index >= 15 is 0 Å². The molecule has 0 bridgehead atoms. The number of aromatic carboxylic acids is 1. The van der Waals surface area contributed by atoms with Crippen molar-refractivity contribution < 1.29 is 9.90 Å². The van der Waals surface area contributed by atoms with E-state index in [9.17, 15) is 9.59 Å². The van der Waals surface area contributed by atoms with E-state index in [2.05, 4.69) is 4.98 Å². The second kappa shape index (κ2) is 4.66. The Kier molecular flexibility index (Phi) is 2.84. The van der Waals surface area contributed by atoms with Crippen molar-refractivity contribution in [2.24, 2.45) is 0 Å². The molecular formula is C16H11NO3. The predicted octanol–water partition coefficient (Wildman–Crippen LogP) is 2.89. The first-order valence-corrected chi connectivity index (χ1v) is 6.11. The molecule has 0 saturated heterocycles. The van der Waals surface area contributed by atoms with Gasteiger partial charge in [0.15, 0.2) is 0 Å². The molecule has 4 nitrogen and oxygen atoms in total. The van der Waals surface area contributed by atoms with Crippen LogP contribution in [-0.2, 0) is 0 Å². The van der Waals surface area contributed by atoms with Crippen molar-refractivity contribution in [2.45, 2.75) is 0 Å². The van der Waals surface area contributed by atoms with Gasteiger partial charge in [0.25, 0.3) is 5.56 Å². The lowest BCUT2D eigenvalue weighted by atomic mass is 10.0. The fourth-order valence-electron chi connectivity index (χ4n) is 2.17. The Morgan fingerprint density at radius 3 is 2.45 bits per heavy atom. The zero-order valence-corrected chi connectivity index (χ0v) is 10.5.